The number of halogens is 1. The second kappa shape index (κ2) is 16.1. The lowest BCUT2D eigenvalue weighted by molar-refractivity contribution is -0.144. The van der Waals surface area contributed by atoms with Crippen LogP contribution in [0.3, 0.4) is 0 Å². The van der Waals surface area contributed by atoms with Crippen LogP contribution in [0, 0.1) is 0 Å². The van der Waals surface area contributed by atoms with Crippen molar-refractivity contribution < 1.29 is 28.7 Å². The molecule has 0 saturated heterocycles. The van der Waals surface area contributed by atoms with Crippen molar-refractivity contribution in [2.75, 3.05) is 13.7 Å². The van der Waals surface area contributed by atoms with Gasteiger partial charge in [-0.05, 0) is 32.3 Å². The first-order valence-corrected chi connectivity index (χ1v) is 10.3. The van der Waals surface area contributed by atoms with Gasteiger partial charge in [0.25, 0.3) is 0 Å². The highest BCUT2D eigenvalue weighted by Gasteiger charge is 2.27. The Morgan fingerprint density at radius 1 is 0.971 bits per heavy atom. The summed E-state index contributed by atoms with van der Waals surface area (Å²) in [7, 11) is 1.20. The zero-order chi connectivity index (χ0) is 24.8. The van der Waals surface area contributed by atoms with E-state index in [0.717, 1.165) is 5.56 Å². The summed E-state index contributed by atoms with van der Waals surface area (Å²) in [6.07, 6.45) is -0.216. The topological polar surface area (TPSA) is 187 Å². The molecule has 190 valence electrons. The third-order valence-corrected chi connectivity index (χ3v) is 4.43. The molecule has 0 heterocycles. The molecule has 7 N–H and O–H groups in total. The third kappa shape index (κ3) is 11.9. The molecular formula is C21H33ClN6O6. The lowest BCUT2D eigenvalue weighted by Crippen LogP contribution is -2.54. The molecule has 1 aromatic carbocycles. The van der Waals surface area contributed by atoms with Crippen LogP contribution < -0.4 is 27.4 Å². The van der Waals surface area contributed by atoms with Crippen molar-refractivity contribution in [2.45, 2.75) is 51.4 Å². The molecule has 1 rings (SSSR count). The van der Waals surface area contributed by atoms with Crippen LogP contribution in [0.25, 0.3) is 0 Å². The van der Waals surface area contributed by atoms with Gasteiger partial charge in [0.1, 0.15) is 24.7 Å². The maximum Gasteiger partial charge on any atom is 0.408 e. The van der Waals surface area contributed by atoms with Crippen molar-refractivity contribution in [3.63, 3.8) is 0 Å². The van der Waals surface area contributed by atoms with E-state index < -0.39 is 42.0 Å². The van der Waals surface area contributed by atoms with Gasteiger partial charge in [-0.25, -0.2) is 9.59 Å². The van der Waals surface area contributed by atoms with E-state index >= 15 is 0 Å². The van der Waals surface area contributed by atoms with E-state index in [2.05, 4.69) is 25.7 Å². The molecule has 12 nitrogen and oxygen atoms in total. The summed E-state index contributed by atoms with van der Waals surface area (Å²) in [6, 6.07) is 6.16. The van der Waals surface area contributed by atoms with Crippen molar-refractivity contribution in [3.8, 4) is 0 Å². The zero-order valence-electron chi connectivity index (χ0n) is 19.4. The van der Waals surface area contributed by atoms with Crippen LogP contribution in [0.5, 0.6) is 0 Å². The molecule has 0 radical (unpaired) electrons. The first-order chi connectivity index (χ1) is 15.6. The minimum absolute atomic E-state index is 0. The molecule has 0 aliphatic rings. The molecule has 0 aliphatic heterocycles. The van der Waals surface area contributed by atoms with Crippen LogP contribution in [-0.4, -0.2) is 61.6 Å². The molecule has 0 fully saturated rings. The number of nitrogens with one attached hydrogen (secondary N) is 3. The number of alkyl carbamates (subject to hydrolysis) is 1. The fraction of sp³-hybridized carbons (Fsp3) is 0.476. The van der Waals surface area contributed by atoms with Gasteiger partial charge in [-0.2, -0.15) is 0 Å². The number of nitrogens with zero attached hydrogens (tertiary/aromatic N) is 1. The van der Waals surface area contributed by atoms with Gasteiger partial charge >= 0.3 is 12.1 Å². The second-order valence-electron chi connectivity index (χ2n) is 7.19. The molecule has 3 atom stereocenters. The number of guanidine groups is 1. The highest BCUT2D eigenvalue weighted by molar-refractivity contribution is 5.92. The minimum atomic E-state index is -0.997. The Bertz CT molecular complexity index is 834. The van der Waals surface area contributed by atoms with Crippen molar-refractivity contribution in [1.82, 2.24) is 16.0 Å². The largest absolute Gasteiger partial charge is 0.467 e. The highest BCUT2D eigenvalue weighted by atomic mass is 35.5. The van der Waals surface area contributed by atoms with Crippen molar-refractivity contribution in [2.24, 2.45) is 16.5 Å². The normalized spacial score (nSPS) is 12.6. The summed E-state index contributed by atoms with van der Waals surface area (Å²) in [6.45, 7) is 3.19. The van der Waals surface area contributed by atoms with Gasteiger partial charge in [-0.1, -0.05) is 30.3 Å². The van der Waals surface area contributed by atoms with Gasteiger partial charge in [0.05, 0.1) is 7.11 Å². The number of hydrogen-bond donors (Lipinski definition) is 5. The predicted octanol–water partition coefficient (Wildman–Crippen LogP) is -0.0608. The number of methoxy groups -OCH3 is 1. The predicted molar refractivity (Wildman–Crippen MR) is 128 cm³/mol. The number of amides is 3. The Morgan fingerprint density at radius 2 is 1.62 bits per heavy atom. The smallest absolute Gasteiger partial charge is 0.408 e. The Labute approximate surface area is 204 Å². The summed E-state index contributed by atoms with van der Waals surface area (Å²) >= 11 is 0. The molecule has 0 aliphatic carbocycles. The number of hydrogen-bond acceptors (Lipinski definition) is 7. The number of carbonyl (C=O) groups excluding carboxylic acids is 4. The average Bonchev–Trinajstić information content (AvgIpc) is 2.79. The monoisotopic (exact) mass is 500 g/mol. The first kappa shape index (κ1) is 30.5. The maximum absolute atomic E-state index is 12.6. The summed E-state index contributed by atoms with van der Waals surface area (Å²) in [5.74, 6) is -1.93. The number of benzene rings is 1. The SMILES string of the molecule is COC(=O)[C@@H](C)NC(=O)[C@@H](CCCN=C(N)N)NC(=O)[C@@H](C)NC(=O)OCc1ccccc1.Cl. The molecule has 13 heteroatoms. The molecule has 0 unspecified atom stereocenters. The molecular weight excluding hydrogens is 468 g/mol. The van der Waals surface area contributed by atoms with E-state index in [1.54, 1.807) is 12.1 Å². The maximum atomic E-state index is 12.6. The summed E-state index contributed by atoms with van der Waals surface area (Å²) in [4.78, 5) is 52.6. The van der Waals surface area contributed by atoms with Crippen LogP contribution in [0.4, 0.5) is 4.79 Å². The zero-order valence-corrected chi connectivity index (χ0v) is 20.2. The van der Waals surface area contributed by atoms with Gasteiger partial charge in [-0.15, -0.1) is 12.4 Å². The van der Waals surface area contributed by atoms with Crippen LogP contribution in [-0.2, 0) is 30.5 Å². The Morgan fingerprint density at radius 3 is 2.21 bits per heavy atom. The van der Waals surface area contributed by atoms with Crippen LogP contribution in [0.1, 0.15) is 32.3 Å². The molecule has 34 heavy (non-hydrogen) atoms. The molecule has 0 spiro atoms. The average molecular weight is 501 g/mol. The number of aliphatic imine (C=N–C) groups is 1. The van der Waals surface area contributed by atoms with Gasteiger partial charge in [0, 0.05) is 6.54 Å². The summed E-state index contributed by atoms with van der Waals surface area (Å²) in [5.41, 5.74) is 11.4. The Balaban J connectivity index is 0.0000109. The number of esters is 1. The lowest BCUT2D eigenvalue weighted by atomic mass is 10.1. The molecule has 3 amide bonds. The molecule has 1 aromatic rings. The fourth-order valence-electron chi connectivity index (χ4n) is 2.63. The van der Waals surface area contributed by atoms with Gasteiger partial charge < -0.3 is 36.9 Å². The van der Waals surface area contributed by atoms with Gasteiger partial charge in [0.15, 0.2) is 5.96 Å². The van der Waals surface area contributed by atoms with E-state index in [9.17, 15) is 19.2 Å². The second-order valence-corrected chi connectivity index (χ2v) is 7.19. The van der Waals surface area contributed by atoms with E-state index in [0.29, 0.717) is 6.42 Å². The van der Waals surface area contributed by atoms with E-state index in [1.807, 2.05) is 18.2 Å². The van der Waals surface area contributed by atoms with Gasteiger partial charge in [0.2, 0.25) is 11.8 Å². The summed E-state index contributed by atoms with van der Waals surface area (Å²) < 4.78 is 9.68. The van der Waals surface area contributed by atoms with Gasteiger partial charge in [-0.3, -0.25) is 14.6 Å². The number of carbonyl (C=O) groups is 4. The van der Waals surface area contributed by atoms with Crippen molar-refractivity contribution in [1.29, 1.82) is 0 Å². The van der Waals surface area contributed by atoms with Crippen LogP contribution in [0.2, 0.25) is 0 Å². The fourth-order valence-corrected chi connectivity index (χ4v) is 2.63. The third-order valence-electron chi connectivity index (χ3n) is 4.43. The van der Waals surface area contributed by atoms with E-state index in [4.69, 9.17) is 16.2 Å². The highest BCUT2D eigenvalue weighted by Crippen LogP contribution is 2.03. The number of nitrogens with two attached hydrogens (primary N) is 2. The van der Waals surface area contributed by atoms with E-state index in [1.165, 1.54) is 21.0 Å². The Kier molecular flexibility index (Phi) is 14.5. The van der Waals surface area contributed by atoms with Crippen molar-refractivity contribution in [3.05, 3.63) is 35.9 Å². The first-order valence-electron chi connectivity index (χ1n) is 10.3. The standard InChI is InChI=1S/C21H32N6O6.ClH/c1-13(26-21(31)33-12-15-8-5-4-6-9-15)17(28)27-16(10-7-11-24-20(22)23)18(29)25-14(2)19(30)32-3;/h4-6,8-9,13-14,16H,7,10-12H2,1-3H3,(H,25,29)(H,26,31)(H,27,28)(H4,22,23,24);1H/t13-,14-,16-;/m1./s1. The Hall–Kier alpha value is -3.54. The van der Waals surface area contributed by atoms with Crippen LogP contribution >= 0.6 is 12.4 Å². The minimum Gasteiger partial charge on any atom is -0.467 e. The van der Waals surface area contributed by atoms with Crippen molar-refractivity contribution >= 4 is 42.2 Å². The molecule has 0 bridgehead atoms. The van der Waals surface area contributed by atoms with E-state index in [-0.39, 0.29) is 37.9 Å². The number of rotatable bonds is 12. The molecule has 0 aromatic heterocycles. The number of ether oxygens (including phenoxy) is 2. The quantitative estimate of drug-likeness (QED) is 0.114. The van der Waals surface area contributed by atoms with Crippen LogP contribution in [0.15, 0.2) is 35.3 Å². The molecule has 0 saturated carbocycles. The summed E-state index contributed by atoms with van der Waals surface area (Å²) in [5, 5.41) is 7.45. The lowest BCUT2D eigenvalue weighted by Gasteiger charge is -2.22.